The van der Waals surface area contributed by atoms with Crippen molar-refractivity contribution in [3.05, 3.63) is 12.7 Å². The zero-order valence-electron chi connectivity index (χ0n) is 23.8. The summed E-state index contributed by atoms with van der Waals surface area (Å²) in [5, 5.41) is 27.2. The first kappa shape index (κ1) is 34.1. The second-order valence-electron chi connectivity index (χ2n) is 10.3. The number of aliphatic hydroxyl groups is 2. The lowest BCUT2D eigenvalue weighted by Crippen LogP contribution is -2.53. The number of nitrogen functional groups attached to an aromatic ring is 1. The van der Waals surface area contributed by atoms with Gasteiger partial charge in [-0.1, -0.05) is 0 Å². The summed E-state index contributed by atoms with van der Waals surface area (Å²) in [5.41, 5.74) is 3.18. The number of carbonyl (C=O) groups excluding carboxylic acids is 2. The number of nitrogens with one attached hydrogen (secondary N) is 2. The number of esters is 2. The number of ether oxygens (including phenoxy) is 3. The fourth-order valence-electron chi connectivity index (χ4n) is 4.04. The molecule has 1 aliphatic rings. The zero-order valence-corrected chi connectivity index (χ0v) is 25.5. The lowest BCUT2D eigenvalue weighted by atomic mass is 9.96. The van der Waals surface area contributed by atoms with Crippen LogP contribution in [0.15, 0.2) is 12.7 Å². The van der Waals surface area contributed by atoms with Gasteiger partial charge in [0.05, 0.1) is 25.1 Å². The van der Waals surface area contributed by atoms with Crippen LogP contribution in [0.1, 0.15) is 47.8 Å². The molecule has 3 heterocycles. The van der Waals surface area contributed by atoms with Gasteiger partial charge in [0.25, 0.3) is 6.43 Å². The first-order valence-corrected chi connectivity index (χ1v) is 15.7. The van der Waals surface area contributed by atoms with E-state index in [-0.39, 0.29) is 17.0 Å². The average Bonchev–Trinajstić information content (AvgIpc) is 3.42. The Morgan fingerprint density at radius 1 is 1.10 bits per heavy atom. The first-order chi connectivity index (χ1) is 19.5. The van der Waals surface area contributed by atoms with Crippen molar-refractivity contribution in [2.75, 3.05) is 12.3 Å². The van der Waals surface area contributed by atoms with Gasteiger partial charge in [-0.2, -0.15) is 0 Å². The summed E-state index contributed by atoms with van der Waals surface area (Å²) in [4.78, 5) is 36.9. The lowest BCUT2D eigenvalue weighted by molar-refractivity contribution is -0.190. The number of nitrogens with two attached hydrogens (primary N) is 1. The molecule has 3 rings (SSSR count). The molecular weight excluding hydrogens is 603 g/mol. The van der Waals surface area contributed by atoms with Gasteiger partial charge < -0.3 is 34.7 Å². The third kappa shape index (κ3) is 7.37. The summed E-state index contributed by atoms with van der Waals surface area (Å²) in [5.74, 6) is -1.43. The number of alkyl halides is 2. The fourth-order valence-corrected chi connectivity index (χ4v) is 6.98. The Hall–Kier alpha value is -2.44. The molecule has 0 unspecified atom stereocenters. The molecule has 1 aliphatic heterocycles. The van der Waals surface area contributed by atoms with Crippen LogP contribution < -0.4 is 15.9 Å². The minimum atomic E-state index is -3.76. The van der Waals surface area contributed by atoms with Crippen LogP contribution >= 0.6 is 6.57 Å². The van der Waals surface area contributed by atoms with Gasteiger partial charge in [-0.05, 0) is 53.3 Å². The van der Waals surface area contributed by atoms with Crippen LogP contribution in [0.4, 0.5) is 14.6 Å². The Bertz CT molecular complexity index is 1290. The number of aromatic nitrogens is 4. The minimum absolute atomic E-state index is 0.00306. The van der Waals surface area contributed by atoms with Crippen molar-refractivity contribution < 1.29 is 47.3 Å². The van der Waals surface area contributed by atoms with Gasteiger partial charge in [-0.25, -0.2) is 33.9 Å². The van der Waals surface area contributed by atoms with Gasteiger partial charge in [0.1, 0.15) is 36.1 Å². The monoisotopic (exact) mass is 639 g/mol. The van der Waals surface area contributed by atoms with Crippen molar-refractivity contribution in [3.8, 4) is 0 Å². The predicted molar refractivity (Wildman–Crippen MR) is 148 cm³/mol. The lowest BCUT2D eigenvalue weighted by Gasteiger charge is -2.35. The van der Waals surface area contributed by atoms with Crippen LogP contribution in [-0.2, 0) is 40.1 Å². The molecule has 19 heteroatoms. The molecule has 1 fully saturated rings. The number of rotatable bonds is 13. The van der Waals surface area contributed by atoms with Crippen molar-refractivity contribution in [3.63, 3.8) is 0 Å². The Kier molecular flexibility index (Phi) is 10.9. The molecule has 42 heavy (non-hydrogen) atoms. The topological polar surface area (TPSA) is 205 Å². The van der Waals surface area contributed by atoms with Crippen LogP contribution in [0, 0.1) is 0 Å². The van der Waals surface area contributed by atoms with E-state index in [0.29, 0.717) is 0 Å². The molecular formula is C23H36F2N7O8PS. The summed E-state index contributed by atoms with van der Waals surface area (Å²) in [6, 6.07) is -2.20. The van der Waals surface area contributed by atoms with Gasteiger partial charge in [0.15, 0.2) is 29.9 Å². The third-order valence-electron chi connectivity index (χ3n) is 6.10. The van der Waals surface area contributed by atoms with Crippen LogP contribution in [0.3, 0.4) is 0 Å². The Labute approximate surface area is 245 Å². The standard InChI is InChI=1S/C23H36F2N7O8PS/c1-10(2)38-20(35)12(5)30-41(42,31-13(6)21(36)39-11(3)4)37-7-23(22(24)25)16(34)15(33)19(40-23)32-9-29-14-17(26)27-8-28-18(14)32/h8-13,15-16,19,22,33-34H,7H2,1-6H3,(H2,26,27,28)(H2,30,31,42)/t12-,13-,15+,16-,19+,23+/m0/s1. The molecule has 2 aromatic rings. The van der Waals surface area contributed by atoms with E-state index in [1.54, 1.807) is 27.7 Å². The number of carbonyl (C=O) groups is 2. The molecule has 0 bridgehead atoms. The van der Waals surface area contributed by atoms with Gasteiger partial charge >= 0.3 is 11.9 Å². The van der Waals surface area contributed by atoms with Gasteiger partial charge in [0.2, 0.25) is 0 Å². The highest BCUT2D eigenvalue weighted by molar-refractivity contribution is 8.10. The van der Waals surface area contributed by atoms with E-state index in [2.05, 4.69) is 25.1 Å². The van der Waals surface area contributed by atoms with Crippen LogP contribution in [0.2, 0.25) is 0 Å². The van der Waals surface area contributed by atoms with Crippen molar-refractivity contribution in [1.82, 2.24) is 29.7 Å². The summed E-state index contributed by atoms with van der Waals surface area (Å²) in [6.45, 7) is 4.53. The number of nitrogens with zero attached hydrogens (tertiary/aromatic N) is 4. The molecule has 15 nitrogen and oxygen atoms in total. The quantitative estimate of drug-likeness (QED) is 0.152. The highest BCUT2D eigenvalue weighted by atomic mass is 32.4. The SMILES string of the molecule is CC(C)OC(=O)[C@H](C)NP(=S)(N[C@@H](C)C(=O)OC(C)C)OC[C@@]1(C(F)F)O[C@@H](n2cnc3c(N)ncnc32)[C@H](O)[C@@H]1O. The molecule has 2 aromatic heterocycles. The summed E-state index contributed by atoms with van der Waals surface area (Å²) < 4.78 is 52.3. The van der Waals surface area contributed by atoms with E-state index in [1.807, 2.05) is 0 Å². The summed E-state index contributed by atoms with van der Waals surface area (Å²) in [7, 11) is 0. The highest BCUT2D eigenvalue weighted by Crippen LogP contribution is 2.47. The molecule has 0 aromatic carbocycles. The fraction of sp³-hybridized carbons (Fsp3) is 0.696. The maximum Gasteiger partial charge on any atom is 0.323 e. The molecule has 236 valence electrons. The number of imidazole rings is 1. The molecule has 1 saturated heterocycles. The van der Waals surface area contributed by atoms with Gasteiger partial charge in [0, 0.05) is 0 Å². The average molecular weight is 640 g/mol. The smallest absolute Gasteiger partial charge is 0.323 e. The Balaban J connectivity index is 1.91. The molecule has 0 amide bonds. The van der Waals surface area contributed by atoms with Crippen molar-refractivity contribution in [2.24, 2.45) is 0 Å². The number of halogens is 2. The van der Waals surface area contributed by atoms with E-state index < -0.39 is 79.9 Å². The second kappa shape index (κ2) is 13.5. The summed E-state index contributed by atoms with van der Waals surface area (Å²) in [6.07, 6.45) is -7.74. The summed E-state index contributed by atoms with van der Waals surface area (Å²) >= 11 is 5.61. The van der Waals surface area contributed by atoms with E-state index in [0.717, 1.165) is 17.2 Å². The molecule has 0 spiro atoms. The van der Waals surface area contributed by atoms with Crippen molar-refractivity contribution in [1.29, 1.82) is 0 Å². The molecule has 0 saturated carbocycles. The first-order valence-electron chi connectivity index (χ1n) is 13.0. The number of fused-ring (bicyclic) bond motifs is 1. The number of aliphatic hydroxyl groups excluding tert-OH is 2. The van der Waals surface area contributed by atoms with E-state index in [4.69, 9.17) is 36.3 Å². The van der Waals surface area contributed by atoms with Crippen LogP contribution in [0.25, 0.3) is 11.2 Å². The number of anilines is 1. The van der Waals surface area contributed by atoms with Crippen LogP contribution in [-0.4, -0.2) is 96.8 Å². The van der Waals surface area contributed by atoms with Crippen LogP contribution in [0.5, 0.6) is 0 Å². The van der Waals surface area contributed by atoms with Crippen molar-refractivity contribution in [2.45, 2.75) is 96.3 Å². The normalized spacial score (nSPS) is 24.5. The third-order valence-corrected chi connectivity index (χ3v) is 8.99. The van der Waals surface area contributed by atoms with Gasteiger partial charge in [-0.3, -0.25) is 14.2 Å². The number of hydrogen-bond acceptors (Lipinski definition) is 13. The highest BCUT2D eigenvalue weighted by Gasteiger charge is 2.61. The maximum atomic E-state index is 14.7. The predicted octanol–water partition coefficient (Wildman–Crippen LogP) is 0.764. The maximum absolute atomic E-state index is 14.7. The minimum Gasteiger partial charge on any atom is -0.462 e. The van der Waals surface area contributed by atoms with E-state index in [1.165, 1.54) is 13.8 Å². The zero-order chi connectivity index (χ0) is 31.6. The second-order valence-corrected chi connectivity index (χ2v) is 13.7. The largest absolute Gasteiger partial charge is 0.462 e. The molecule has 6 N–H and O–H groups in total. The molecule has 6 atom stereocenters. The van der Waals surface area contributed by atoms with E-state index in [9.17, 15) is 28.6 Å². The van der Waals surface area contributed by atoms with Crippen molar-refractivity contribution >= 4 is 47.3 Å². The Morgan fingerprint density at radius 2 is 1.64 bits per heavy atom. The molecule has 0 radical (unpaired) electrons. The number of hydrogen-bond donors (Lipinski definition) is 5. The van der Waals surface area contributed by atoms with Gasteiger partial charge in [-0.15, -0.1) is 0 Å². The molecule has 0 aliphatic carbocycles. The Morgan fingerprint density at radius 3 is 2.14 bits per heavy atom. The van der Waals surface area contributed by atoms with E-state index >= 15 is 0 Å².